The molecule has 2 aromatic heterocycles. The SMILES string of the molecule is CN(C)C(=O)C1CCN(c2nc3sc(C(=O)Nc4ccc(N5CCOCC5)cc4)cc3s2)CC1. The van der Waals surface area contributed by atoms with Gasteiger partial charge in [0.05, 0.1) is 22.8 Å². The predicted molar refractivity (Wildman–Crippen MR) is 139 cm³/mol. The van der Waals surface area contributed by atoms with E-state index in [4.69, 9.17) is 9.72 Å². The molecule has 8 nitrogen and oxygen atoms in total. The molecule has 0 radical (unpaired) electrons. The second kappa shape index (κ2) is 9.89. The highest BCUT2D eigenvalue weighted by Crippen LogP contribution is 2.36. The number of nitrogens with one attached hydrogen (secondary N) is 1. The van der Waals surface area contributed by atoms with Crippen molar-refractivity contribution in [2.75, 3.05) is 68.6 Å². The van der Waals surface area contributed by atoms with Crippen molar-refractivity contribution in [3.63, 3.8) is 0 Å². The smallest absolute Gasteiger partial charge is 0.265 e. The number of thiazole rings is 1. The number of thiophene rings is 1. The summed E-state index contributed by atoms with van der Waals surface area (Å²) in [5.74, 6) is 0.204. The Labute approximate surface area is 207 Å². The third-order valence-corrected chi connectivity index (χ3v) is 8.58. The van der Waals surface area contributed by atoms with Crippen LogP contribution in [0.1, 0.15) is 22.5 Å². The van der Waals surface area contributed by atoms with Gasteiger partial charge >= 0.3 is 0 Å². The number of carbonyl (C=O) groups is 2. The Morgan fingerprint density at radius 1 is 1.03 bits per heavy atom. The first-order valence-electron chi connectivity index (χ1n) is 11.6. The normalized spacial score (nSPS) is 17.2. The van der Waals surface area contributed by atoms with Crippen LogP contribution in [0.5, 0.6) is 0 Å². The van der Waals surface area contributed by atoms with Crippen LogP contribution in [-0.4, -0.2) is 75.2 Å². The lowest BCUT2D eigenvalue weighted by atomic mass is 9.96. The zero-order chi connectivity index (χ0) is 23.7. The standard InChI is InChI=1S/C24H29N5O3S2/c1-27(2)23(31)16-7-9-29(10-8-16)24-26-22-20(34-24)15-19(33-22)21(30)25-17-3-5-18(6-4-17)28-11-13-32-14-12-28/h3-6,15-16H,7-14H2,1-2H3,(H,25,30). The number of fused-ring (bicyclic) bond motifs is 1. The number of benzene rings is 1. The first-order chi connectivity index (χ1) is 16.5. The molecule has 34 heavy (non-hydrogen) atoms. The maximum atomic E-state index is 12.8. The lowest BCUT2D eigenvalue weighted by molar-refractivity contribution is -0.133. The van der Waals surface area contributed by atoms with Crippen LogP contribution in [0.4, 0.5) is 16.5 Å². The van der Waals surface area contributed by atoms with Crippen LogP contribution in [0.15, 0.2) is 30.3 Å². The summed E-state index contributed by atoms with van der Waals surface area (Å²) in [6.45, 7) is 4.94. The van der Waals surface area contributed by atoms with Crippen molar-refractivity contribution in [2.45, 2.75) is 12.8 Å². The average molecular weight is 500 g/mol. The molecule has 1 N–H and O–H groups in total. The van der Waals surface area contributed by atoms with Gasteiger partial charge in [-0.3, -0.25) is 9.59 Å². The van der Waals surface area contributed by atoms with E-state index in [1.165, 1.54) is 11.3 Å². The van der Waals surface area contributed by atoms with Gasteiger partial charge in [-0.05, 0) is 43.2 Å². The van der Waals surface area contributed by atoms with Gasteiger partial charge in [0.15, 0.2) is 5.13 Å². The molecule has 1 aromatic carbocycles. The van der Waals surface area contributed by atoms with Gasteiger partial charge in [-0.25, -0.2) is 4.98 Å². The predicted octanol–water partition coefficient (Wildman–Crippen LogP) is 3.75. The molecule has 0 aliphatic carbocycles. The molecule has 0 spiro atoms. The molecule has 0 saturated carbocycles. The highest BCUT2D eigenvalue weighted by Gasteiger charge is 2.27. The molecule has 0 atom stereocenters. The van der Waals surface area contributed by atoms with Crippen molar-refractivity contribution >= 4 is 60.5 Å². The van der Waals surface area contributed by atoms with E-state index in [1.54, 1.807) is 16.2 Å². The van der Waals surface area contributed by atoms with Gasteiger partial charge in [0.25, 0.3) is 5.91 Å². The number of morpholine rings is 1. The second-order valence-electron chi connectivity index (χ2n) is 8.87. The number of hydrogen-bond acceptors (Lipinski definition) is 8. The molecule has 2 saturated heterocycles. The van der Waals surface area contributed by atoms with Gasteiger partial charge in [-0.2, -0.15) is 0 Å². The van der Waals surface area contributed by atoms with E-state index in [1.807, 2.05) is 44.4 Å². The van der Waals surface area contributed by atoms with Crippen molar-refractivity contribution in [3.8, 4) is 0 Å². The summed E-state index contributed by atoms with van der Waals surface area (Å²) in [6, 6.07) is 9.90. The molecular weight excluding hydrogens is 470 g/mol. The largest absolute Gasteiger partial charge is 0.378 e. The van der Waals surface area contributed by atoms with Gasteiger partial charge in [-0.1, -0.05) is 11.3 Å². The Bertz CT molecular complexity index is 1130. The van der Waals surface area contributed by atoms with Crippen molar-refractivity contribution in [3.05, 3.63) is 35.2 Å². The summed E-state index contributed by atoms with van der Waals surface area (Å²) in [6.07, 6.45) is 1.70. The van der Waals surface area contributed by atoms with E-state index in [-0.39, 0.29) is 17.7 Å². The van der Waals surface area contributed by atoms with Crippen LogP contribution in [0.25, 0.3) is 9.53 Å². The van der Waals surface area contributed by atoms with Crippen LogP contribution in [0, 0.1) is 5.92 Å². The molecule has 180 valence electrons. The number of amides is 2. The molecule has 3 aromatic rings. The van der Waals surface area contributed by atoms with Crippen LogP contribution in [0.3, 0.4) is 0 Å². The summed E-state index contributed by atoms with van der Waals surface area (Å²) < 4.78 is 6.44. The molecule has 0 unspecified atom stereocenters. The monoisotopic (exact) mass is 499 g/mol. The summed E-state index contributed by atoms with van der Waals surface area (Å²) in [4.78, 5) is 37.6. The number of nitrogens with zero attached hydrogens (tertiary/aromatic N) is 4. The van der Waals surface area contributed by atoms with Crippen LogP contribution < -0.4 is 15.1 Å². The van der Waals surface area contributed by atoms with Crippen LogP contribution >= 0.6 is 22.7 Å². The van der Waals surface area contributed by atoms with Gasteiger partial charge < -0.3 is 24.8 Å². The minimum absolute atomic E-state index is 0.102. The molecule has 2 aliphatic heterocycles. The molecule has 2 aliphatic rings. The minimum atomic E-state index is -0.112. The molecule has 10 heteroatoms. The molecule has 4 heterocycles. The van der Waals surface area contributed by atoms with Crippen LogP contribution in [-0.2, 0) is 9.53 Å². The van der Waals surface area contributed by atoms with Crippen molar-refractivity contribution in [2.24, 2.45) is 5.92 Å². The maximum Gasteiger partial charge on any atom is 0.265 e. The van der Waals surface area contributed by atoms with E-state index in [9.17, 15) is 9.59 Å². The number of rotatable bonds is 5. The summed E-state index contributed by atoms with van der Waals surface area (Å²) >= 11 is 3.04. The lowest BCUT2D eigenvalue weighted by Gasteiger charge is -2.32. The number of anilines is 3. The number of carbonyl (C=O) groups excluding carboxylic acids is 2. The number of hydrogen-bond donors (Lipinski definition) is 1. The number of aromatic nitrogens is 1. The summed E-state index contributed by atoms with van der Waals surface area (Å²) in [5, 5.41) is 3.98. The lowest BCUT2D eigenvalue weighted by Crippen LogP contribution is -2.40. The molecular formula is C24H29N5O3S2. The zero-order valence-electron chi connectivity index (χ0n) is 19.5. The fourth-order valence-corrected chi connectivity index (χ4v) is 6.58. The molecule has 0 bridgehead atoms. The second-order valence-corrected chi connectivity index (χ2v) is 10.9. The number of ether oxygens (including phenoxy) is 1. The van der Waals surface area contributed by atoms with Gasteiger partial charge in [0.2, 0.25) is 5.91 Å². The fraction of sp³-hybridized carbons (Fsp3) is 0.458. The highest BCUT2D eigenvalue weighted by atomic mass is 32.1. The van der Waals surface area contributed by atoms with Crippen molar-refractivity contribution < 1.29 is 14.3 Å². The van der Waals surface area contributed by atoms with Crippen LogP contribution in [0.2, 0.25) is 0 Å². The molecule has 2 amide bonds. The van der Waals surface area contributed by atoms with Gasteiger partial charge in [-0.15, -0.1) is 11.3 Å². The quantitative estimate of drug-likeness (QED) is 0.576. The first-order valence-corrected chi connectivity index (χ1v) is 13.2. The van der Waals surface area contributed by atoms with Crippen molar-refractivity contribution in [1.82, 2.24) is 9.88 Å². The third kappa shape index (κ3) is 4.89. The topological polar surface area (TPSA) is 78.0 Å². The number of piperidine rings is 1. The average Bonchev–Trinajstić information content (AvgIpc) is 3.44. The Kier molecular flexibility index (Phi) is 6.71. The summed E-state index contributed by atoms with van der Waals surface area (Å²) in [5.41, 5.74) is 1.92. The Balaban J connectivity index is 1.19. The Hall–Kier alpha value is -2.69. The van der Waals surface area contributed by atoms with Gasteiger partial charge in [0, 0.05) is 57.6 Å². The fourth-order valence-electron chi connectivity index (χ4n) is 4.42. The molecule has 2 fully saturated rings. The maximum absolute atomic E-state index is 12.8. The first kappa shape index (κ1) is 23.1. The summed E-state index contributed by atoms with van der Waals surface area (Å²) in [7, 11) is 3.63. The van der Waals surface area contributed by atoms with E-state index in [0.29, 0.717) is 4.88 Å². The van der Waals surface area contributed by atoms with E-state index in [0.717, 1.165) is 78.3 Å². The van der Waals surface area contributed by atoms with E-state index < -0.39 is 0 Å². The Morgan fingerprint density at radius 2 is 1.74 bits per heavy atom. The highest BCUT2D eigenvalue weighted by molar-refractivity contribution is 7.29. The van der Waals surface area contributed by atoms with Crippen molar-refractivity contribution in [1.29, 1.82) is 0 Å². The van der Waals surface area contributed by atoms with E-state index in [2.05, 4.69) is 15.1 Å². The third-order valence-electron chi connectivity index (χ3n) is 6.36. The molecule has 5 rings (SSSR count). The Morgan fingerprint density at radius 3 is 2.38 bits per heavy atom. The van der Waals surface area contributed by atoms with E-state index >= 15 is 0 Å². The minimum Gasteiger partial charge on any atom is -0.378 e. The van der Waals surface area contributed by atoms with Gasteiger partial charge in [0.1, 0.15) is 4.83 Å². The zero-order valence-corrected chi connectivity index (χ0v) is 21.1.